The van der Waals surface area contributed by atoms with Crippen LogP contribution in [0.25, 0.3) is 5.78 Å². The van der Waals surface area contributed by atoms with E-state index in [9.17, 15) is 22.8 Å². The number of hydrogen-bond acceptors (Lipinski definition) is 7. The molecule has 0 atom stereocenters. The number of carbonyl (C=O) groups excluding carboxylic acids is 2. The van der Waals surface area contributed by atoms with Crippen LogP contribution in [-0.2, 0) is 33.3 Å². The Labute approximate surface area is 186 Å². The molecule has 0 aliphatic rings. The van der Waals surface area contributed by atoms with Crippen LogP contribution in [-0.4, -0.2) is 38.1 Å². The molecule has 0 spiro atoms. The smallest absolute Gasteiger partial charge is 0.453 e. The molecule has 0 aliphatic heterocycles. The summed E-state index contributed by atoms with van der Waals surface area (Å²) in [6.45, 7) is 2.67. The van der Waals surface area contributed by atoms with Gasteiger partial charge in [-0.05, 0) is 43.5 Å². The standard InChI is InChI=1S/C21H19F3N6O3/c1-12-16(13(2)30-20(26-12)28-19(29-30)21(22,23)24)7-8-18(32)33-11-17(31)27-15-5-3-14(4-6-15)9-10-25/h3-6H,7-9,11H2,1-2H3,(H,27,31). The summed E-state index contributed by atoms with van der Waals surface area (Å²) >= 11 is 0. The predicted octanol–water partition coefficient (Wildman–Crippen LogP) is 2.94. The predicted molar refractivity (Wildman–Crippen MR) is 109 cm³/mol. The van der Waals surface area contributed by atoms with Gasteiger partial charge in [-0.3, -0.25) is 9.59 Å². The molecule has 33 heavy (non-hydrogen) atoms. The number of carbonyl (C=O) groups is 2. The average Bonchev–Trinajstić information content (AvgIpc) is 3.18. The maximum atomic E-state index is 12.9. The molecule has 12 heteroatoms. The van der Waals surface area contributed by atoms with Gasteiger partial charge in [0.1, 0.15) is 0 Å². The second-order valence-corrected chi connectivity index (χ2v) is 7.15. The van der Waals surface area contributed by atoms with Crippen LogP contribution >= 0.6 is 0 Å². The van der Waals surface area contributed by atoms with Gasteiger partial charge in [-0.2, -0.15) is 23.4 Å². The topological polar surface area (TPSA) is 122 Å². The number of nitriles is 1. The second-order valence-electron chi connectivity index (χ2n) is 7.15. The van der Waals surface area contributed by atoms with Gasteiger partial charge in [-0.1, -0.05) is 12.1 Å². The number of benzene rings is 1. The van der Waals surface area contributed by atoms with Crippen LogP contribution < -0.4 is 5.32 Å². The van der Waals surface area contributed by atoms with E-state index >= 15 is 0 Å². The molecule has 1 N–H and O–H groups in total. The highest BCUT2D eigenvalue weighted by molar-refractivity contribution is 5.92. The molecule has 9 nitrogen and oxygen atoms in total. The third-order valence-corrected chi connectivity index (χ3v) is 4.77. The number of alkyl halides is 3. The van der Waals surface area contributed by atoms with E-state index in [1.165, 1.54) is 0 Å². The van der Waals surface area contributed by atoms with E-state index in [4.69, 9.17) is 10.00 Å². The van der Waals surface area contributed by atoms with Crippen molar-refractivity contribution in [3.8, 4) is 6.07 Å². The van der Waals surface area contributed by atoms with E-state index in [0.29, 0.717) is 22.6 Å². The number of aryl methyl sites for hydroxylation is 2. The molecule has 0 radical (unpaired) electrons. The third-order valence-electron chi connectivity index (χ3n) is 4.77. The maximum Gasteiger partial charge on any atom is 0.453 e. The summed E-state index contributed by atoms with van der Waals surface area (Å²) in [5.41, 5.74) is 2.65. The van der Waals surface area contributed by atoms with E-state index in [-0.39, 0.29) is 25.0 Å². The van der Waals surface area contributed by atoms with Gasteiger partial charge < -0.3 is 10.1 Å². The van der Waals surface area contributed by atoms with Crippen LogP contribution in [0, 0.1) is 25.2 Å². The first-order valence-electron chi connectivity index (χ1n) is 9.80. The molecule has 0 saturated carbocycles. The van der Waals surface area contributed by atoms with E-state index in [1.807, 2.05) is 6.07 Å². The van der Waals surface area contributed by atoms with E-state index in [1.54, 1.807) is 38.1 Å². The Morgan fingerprint density at radius 2 is 1.88 bits per heavy atom. The fraction of sp³-hybridized carbons (Fsp3) is 0.333. The molecule has 1 aromatic carbocycles. The molecule has 0 unspecified atom stereocenters. The lowest BCUT2D eigenvalue weighted by Crippen LogP contribution is -2.21. The molecule has 0 saturated heterocycles. The first-order valence-corrected chi connectivity index (χ1v) is 9.80. The van der Waals surface area contributed by atoms with Gasteiger partial charge in [0, 0.05) is 23.5 Å². The molecule has 3 rings (SSSR count). The van der Waals surface area contributed by atoms with Gasteiger partial charge in [0.25, 0.3) is 17.5 Å². The molecular weight excluding hydrogens is 441 g/mol. The minimum atomic E-state index is -4.70. The first kappa shape index (κ1) is 23.6. The normalized spacial score (nSPS) is 11.3. The lowest BCUT2D eigenvalue weighted by Gasteiger charge is -2.10. The van der Waals surface area contributed by atoms with Crippen LogP contribution in [0.5, 0.6) is 0 Å². The van der Waals surface area contributed by atoms with Crippen LogP contribution in [0.15, 0.2) is 24.3 Å². The van der Waals surface area contributed by atoms with Crippen molar-refractivity contribution in [1.82, 2.24) is 19.6 Å². The van der Waals surface area contributed by atoms with Crippen molar-refractivity contribution in [3.05, 3.63) is 52.6 Å². The SMILES string of the molecule is Cc1nc2nc(C(F)(F)F)nn2c(C)c1CCC(=O)OCC(=O)Nc1ccc(CC#N)cc1. The number of anilines is 1. The fourth-order valence-electron chi connectivity index (χ4n) is 3.13. The van der Waals surface area contributed by atoms with Crippen molar-refractivity contribution in [1.29, 1.82) is 5.26 Å². The Balaban J connectivity index is 1.56. The molecule has 0 aliphatic carbocycles. The summed E-state index contributed by atoms with van der Waals surface area (Å²) in [5, 5.41) is 14.7. The van der Waals surface area contributed by atoms with Crippen molar-refractivity contribution in [2.75, 3.05) is 11.9 Å². The Kier molecular flexibility index (Phi) is 6.91. The quantitative estimate of drug-likeness (QED) is 0.538. The first-order chi connectivity index (χ1) is 15.6. The van der Waals surface area contributed by atoms with Crippen molar-refractivity contribution in [3.63, 3.8) is 0 Å². The average molecular weight is 460 g/mol. The molecule has 172 valence electrons. The molecule has 2 heterocycles. The molecular formula is C21H19F3N6O3. The Morgan fingerprint density at radius 1 is 1.18 bits per heavy atom. The Morgan fingerprint density at radius 3 is 2.52 bits per heavy atom. The van der Waals surface area contributed by atoms with Gasteiger partial charge >= 0.3 is 12.1 Å². The summed E-state index contributed by atoms with van der Waals surface area (Å²) in [6, 6.07) is 8.69. The number of fused-ring (bicyclic) bond motifs is 1. The monoisotopic (exact) mass is 460 g/mol. The zero-order valence-electron chi connectivity index (χ0n) is 17.7. The highest BCUT2D eigenvalue weighted by atomic mass is 19.4. The van der Waals surface area contributed by atoms with Crippen LogP contribution in [0.2, 0.25) is 0 Å². The molecule has 1 amide bonds. The van der Waals surface area contributed by atoms with Crippen molar-refractivity contribution < 1.29 is 27.5 Å². The number of nitrogens with one attached hydrogen (secondary N) is 1. The largest absolute Gasteiger partial charge is 0.456 e. The number of amides is 1. The molecule has 2 aromatic heterocycles. The number of halogens is 3. The fourth-order valence-corrected chi connectivity index (χ4v) is 3.13. The number of ether oxygens (including phenoxy) is 1. The van der Waals surface area contributed by atoms with Crippen LogP contribution in [0.1, 0.15) is 34.8 Å². The maximum absolute atomic E-state index is 12.9. The van der Waals surface area contributed by atoms with Gasteiger partial charge in [0.15, 0.2) is 6.61 Å². The molecule has 0 fully saturated rings. The lowest BCUT2D eigenvalue weighted by atomic mass is 10.1. The van der Waals surface area contributed by atoms with E-state index in [0.717, 1.165) is 10.1 Å². The number of esters is 1. The van der Waals surface area contributed by atoms with Crippen molar-refractivity contribution >= 4 is 23.3 Å². The zero-order chi connectivity index (χ0) is 24.2. The lowest BCUT2D eigenvalue weighted by molar-refractivity contribution is -0.147. The van der Waals surface area contributed by atoms with Crippen molar-refractivity contribution in [2.45, 2.75) is 39.3 Å². The number of hydrogen-bond donors (Lipinski definition) is 1. The van der Waals surface area contributed by atoms with E-state index < -0.39 is 30.5 Å². The Bertz CT molecular complexity index is 1230. The van der Waals surface area contributed by atoms with Gasteiger partial charge in [-0.15, -0.1) is 5.10 Å². The summed E-state index contributed by atoms with van der Waals surface area (Å²) in [6.07, 6.45) is -4.40. The number of rotatable bonds is 7. The molecule has 3 aromatic rings. The number of aromatic nitrogens is 4. The Hall–Kier alpha value is -4.01. The summed E-state index contributed by atoms with van der Waals surface area (Å²) in [5.74, 6) is -2.65. The molecule has 0 bridgehead atoms. The minimum Gasteiger partial charge on any atom is -0.456 e. The van der Waals surface area contributed by atoms with Crippen LogP contribution in [0.4, 0.5) is 18.9 Å². The van der Waals surface area contributed by atoms with Crippen LogP contribution in [0.3, 0.4) is 0 Å². The van der Waals surface area contributed by atoms with Crippen molar-refractivity contribution in [2.24, 2.45) is 0 Å². The highest BCUT2D eigenvalue weighted by Gasteiger charge is 2.37. The van der Waals surface area contributed by atoms with Gasteiger partial charge in [0.05, 0.1) is 12.5 Å². The second kappa shape index (κ2) is 9.64. The number of nitrogens with zero attached hydrogens (tertiary/aromatic N) is 5. The minimum absolute atomic E-state index is 0.105. The van der Waals surface area contributed by atoms with Gasteiger partial charge in [-0.25, -0.2) is 9.50 Å². The third kappa shape index (κ3) is 5.82. The summed E-state index contributed by atoms with van der Waals surface area (Å²) in [7, 11) is 0. The summed E-state index contributed by atoms with van der Waals surface area (Å²) in [4.78, 5) is 31.5. The highest BCUT2D eigenvalue weighted by Crippen LogP contribution is 2.27. The zero-order valence-corrected chi connectivity index (χ0v) is 17.7. The van der Waals surface area contributed by atoms with E-state index in [2.05, 4.69) is 20.4 Å². The summed E-state index contributed by atoms with van der Waals surface area (Å²) < 4.78 is 44.6. The van der Waals surface area contributed by atoms with Gasteiger partial charge in [0.2, 0.25) is 0 Å².